The number of halogens is 1. The van der Waals surface area contributed by atoms with Crippen LogP contribution in [0.25, 0.3) is 0 Å². The predicted octanol–water partition coefficient (Wildman–Crippen LogP) is 3.35. The molecule has 2 N–H and O–H groups in total. The number of aryl methyl sites for hydroxylation is 1. The number of nitrogens with two attached hydrogens (primary N) is 1. The number of rotatable bonds is 2. The van der Waals surface area contributed by atoms with Crippen LogP contribution in [0.3, 0.4) is 0 Å². The van der Waals surface area contributed by atoms with E-state index in [2.05, 4.69) is 45.3 Å². The summed E-state index contributed by atoms with van der Waals surface area (Å²) in [7, 11) is 0. The number of hydrogen-bond donors (Lipinski definition) is 1. The number of aromatic nitrogens is 2. The zero-order valence-electron chi connectivity index (χ0n) is 10.1. The molecule has 1 unspecified atom stereocenters. The minimum atomic E-state index is 0.557. The number of hydrogen-bond acceptors (Lipinski definition) is 2. The van der Waals surface area contributed by atoms with Crippen LogP contribution in [0.5, 0.6) is 0 Å². The maximum absolute atomic E-state index is 5.76. The summed E-state index contributed by atoms with van der Waals surface area (Å²) >= 11 is 3.40. The minimum Gasteiger partial charge on any atom is -0.381 e. The highest BCUT2D eigenvalue weighted by atomic mass is 79.9. The first-order valence-electron chi connectivity index (χ1n) is 6.30. The van der Waals surface area contributed by atoms with Gasteiger partial charge in [-0.3, -0.25) is 4.68 Å². The molecule has 1 atom stereocenters. The molecule has 1 aliphatic carbocycles. The summed E-state index contributed by atoms with van der Waals surface area (Å²) in [5, 5.41) is 4.32. The molecule has 0 amide bonds. The Hall–Kier alpha value is -1.29. The van der Waals surface area contributed by atoms with E-state index in [1.165, 1.54) is 30.4 Å². The molecule has 94 valence electrons. The van der Waals surface area contributed by atoms with Gasteiger partial charge in [0.15, 0.2) is 5.82 Å². The summed E-state index contributed by atoms with van der Waals surface area (Å²) < 4.78 is 2.83. The van der Waals surface area contributed by atoms with Gasteiger partial charge < -0.3 is 5.73 Å². The quantitative estimate of drug-likeness (QED) is 0.924. The van der Waals surface area contributed by atoms with Gasteiger partial charge in [0.2, 0.25) is 0 Å². The van der Waals surface area contributed by atoms with Gasteiger partial charge in [-0.15, -0.1) is 0 Å². The lowest BCUT2D eigenvalue weighted by molar-refractivity contribution is 0.458. The van der Waals surface area contributed by atoms with Crippen LogP contribution in [0.4, 0.5) is 5.82 Å². The van der Waals surface area contributed by atoms with Crippen LogP contribution in [0.1, 0.15) is 29.9 Å². The third-order valence-electron chi connectivity index (χ3n) is 3.64. The van der Waals surface area contributed by atoms with Gasteiger partial charge in [0.05, 0.1) is 4.47 Å². The highest BCUT2D eigenvalue weighted by Crippen LogP contribution is 2.33. The third kappa shape index (κ3) is 2.17. The van der Waals surface area contributed by atoms with Crippen LogP contribution in [0.15, 0.2) is 34.9 Å². The first kappa shape index (κ1) is 11.8. The van der Waals surface area contributed by atoms with Crippen molar-refractivity contribution in [3.8, 4) is 0 Å². The molecular formula is C14H16BrN3. The average molecular weight is 306 g/mol. The van der Waals surface area contributed by atoms with Crippen molar-refractivity contribution < 1.29 is 0 Å². The first-order chi connectivity index (χ1) is 8.74. The summed E-state index contributed by atoms with van der Waals surface area (Å²) in [6, 6.07) is 8.75. The molecule has 1 heterocycles. The topological polar surface area (TPSA) is 43.8 Å². The fraction of sp³-hybridized carbons (Fsp3) is 0.357. The minimum absolute atomic E-state index is 0.557. The molecule has 1 aromatic heterocycles. The summed E-state index contributed by atoms with van der Waals surface area (Å²) in [6.07, 6.45) is 5.66. The van der Waals surface area contributed by atoms with Crippen molar-refractivity contribution in [3.05, 3.63) is 46.1 Å². The summed E-state index contributed by atoms with van der Waals surface area (Å²) in [4.78, 5) is 0. The summed E-state index contributed by atoms with van der Waals surface area (Å²) in [5.74, 6) is 1.13. The van der Waals surface area contributed by atoms with Crippen LogP contribution in [-0.4, -0.2) is 9.78 Å². The number of nitrogens with zero attached hydrogens (tertiary/aromatic N) is 2. The van der Waals surface area contributed by atoms with Crippen LogP contribution in [-0.2, 0) is 13.0 Å². The van der Waals surface area contributed by atoms with Gasteiger partial charge in [0.1, 0.15) is 0 Å². The molecule has 0 spiro atoms. The van der Waals surface area contributed by atoms with Gasteiger partial charge in [0, 0.05) is 18.7 Å². The van der Waals surface area contributed by atoms with E-state index < -0.39 is 0 Å². The van der Waals surface area contributed by atoms with Crippen LogP contribution in [0, 0.1) is 0 Å². The van der Waals surface area contributed by atoms with Crippen molar-refractivity contribution in [1.82, 2.24) is 9.78 Å². The second-order valence-electron chi connectivity index (χ2n) is 4.87. The largest absolute Gasteiger partial charge is 0.381 e. The zero-order valence-corrected chi connectivity index (χ0v) is 11.7. The monoisotopic (exact) mass is 305 g/mol. The fourth-order valence-corrected chi connectivity index (χ4v) is 3.09. The van der Waals surface area contributed by atoms with Gasteiger partial charge >= 0.3 is 0 Å². The van der Waals surface area contributed by atoms with Gasteiger partial charge in [-0.05, 0) is 46.3 Å². The van der Waals surface area contributed by atoms with Crippen molar-refractivity contribution in [2.75, 3.05) is 5.73 Å². The van der Waals surface area contributed by atoms with Gasteiger partial charge in [-0.25, -0.2) is 0 Å². The van der Waals surface area contributed by atoms with E-state index in [4.69, 9.17) is 5.73 Å². The van der Waals surface area contributed by atoms with Crippen molar-refractivity contribution in [2.24, 2.45) is 0 Å². The molecule has 0 bridgehead atoms. The molecule has 1 aliphatic rings. The molecule has 1 aromatic carbocycles. The highest BCUT2D eigenvalue weighted by molar-refractivity contribution is 9.10. The lowest BCUT2D eigenvalue weighted by atomic mass is 9.83. The number of fused-ring (bicyclic) bond motifs is 1. The zero-order chi connectivity index (χ0) is 12.5. The molecular weight excluding hydrogens is 290 g/mol. The Labute approximate surface area is 115 Å². The Morgan fingerprint density at radius 3 is 3.00 bits per heavy atom. The van der Waals surface area contributed by atoms with E-state index >= 15 is 0 Å². The molecule has 2 aromatic rings. The fourth-order valence-electron chi connectivity index (χ4n) is 2.78. The third-order valence-corrected chi connectivity index (χ3v) is 4.26. The average Bonchev–Trinajstić information content (AvgIpc) is 2.69. The van der Waals surface area contributed by atoms with Crippen molar-refractivity contribution in [3.63, 3.8) is 0 Å². The Balaban J connectivity index is 1.86. The molecule has 18 heavy (non-hydrogen) atoms. The summed E-state index contributed by atoms with van der Waals surface area (Å²) in [5.41, 5.74) is 8.74. The van der Waals surface area contributed by atoms with E-state index in [0.717, 1.165) is 11.0 Å². The van der Waals surface area contributed by atoms with Crippen molar-refractivity contribution in [1.29, 1.82) is 0 Å². The molecule has 4 heteroatoms. The van der Waals surface area contributed by atoms with E-state index in [1.54, 1.807) is 0 Å². The first-order valence-corrected chi connectivity index (χ1v) is 7.09. The van der Waals surface area contributed by atoms with Crippen LogP contribution >= 0.6 is 15.9 Å². The Morgan fingerprint density at radius 1 is 1.39 bits per heavy atom. The SMILES string of the molecule is Nc1nn(CC2CCCc3ccccc32)cc1Br. The van der Waals surface area contributed by atoms with E-state index in [-0.39, 0.29) is 0 Å². The Bertz CT molecular complexity index is 542. The van der Waals surface area contributed by atoms with E-state index in [0.29, 0.717) is 11.7 Å². The normalized spacial score (nSPS) is 18.6. The Morgan fingerprint density at radius 2 is 2.22 bits per heavy atom. The van der Waals surface area contributed by atoms with Gasteiger partial charge in [-0.2, -0.15) is 5.10 Å². The van der Waals surface area contributed by atoms with Crippen LogP contribution in [0.2, 0.25) is 0 Å². The number of nitrogen functional groups attached to an aromatic ring is 1. The lowest BCUT2D eigenvalue weighted by Crippen LogP contribution is -2.16. The maximum Gasteiger partial charge on any atom is 0.159 e. The standard InChI is InChI=1S/C14H16BrN3/c15-13-9-18(17-14(13)16)8-11-6-3-5-10-4-1-2-7-12(10)11/h1-2,4,7,9,11H,3,5-6,8H2,(H2,16,17). The molecule has 0 aliphatic heterocycles. The predicted molar refractivity (Wildman–Crippen MR) is 76.5 cm³/mol. The van der Waals surface area contributed by atoms with E-state index in [9.17, 15) is 0 Å². The Kier molecular flexibility index (Phi) is 3.12. The molecule has 0 saturated carbocycles. The smallest absolute Gasteiger partial charge is 0.159 e. The van der Waals surface area contributed by atoms with Crippen molar-refractivity contribution in [2.45, 2.75) is 31.7 Å². The maximum atomic E-state index is 5.76. The summed E-state index contributed by atoms with van der Waals surface area (Å²) in [6.45, 7) is 0.910. The van der Waals surface area contributed by atoms with Gasteiger partial charge in [-0.1, -0.05) is 24.3 Å². The lowest BCUT2D eigenvalue weighted by Gasteiger charge is -2.25. The molecule has 3 rings (SSSR count). The van der Waals surface area contributed by atoms with E-state index in [1.807, 2.05) is 10.9 Å². The number of anilines is 1. The highest BCUT2D eigenvalue weighted by Gasteiger charge is 2.20. The van der Waals surface area contributed by atoms with Crippen LogP contribution < -0.4 is 5.73 Å². The second-order valence-corrected chi connectivity index (χ2v) is 5.73. The second kappa shape index (κ2) is 4.76. The molecule has 0 saturated heterocycles. The molecule has 0 fully saturated rings. The van der Waals surface area contributed by atoms with Gasteiger partial charge in [0.25, 0.3) is 0 Å². The molecule has 3 nitrogen and oxygen atoms in total. The number of benzene rings is 1. The molecule has 0 radical (unpaired) electrons. The van der Waals surface area contributed by atoms with Crippen molar-refractivity contribution >= 4 is 21.7 Å².